The van der Waals surface area contributed by atoms with Crippen molar-refractivity contribution < 1.29 is 9.13 Å². The Bertz CT molecular complexity index is 607. The van der Waals surface area contributed by atoms with Crippen molar-refractivity contribution >= 4 is 22.5 Å². The van der Waals surface area contributed by atoms with Crippen LogP contribution in [0.2, 0.25) is 5.02 Å². The molecule has 0 atom stereocenters. The Hall–Kier alpha value is -1.86. The number of fused-ring (bicyclic) bond motifs is 1. The molecule has 2 aromatic rings. The van der Waals surface area contributed by atoms with Crippen molar-refractivity contribution in [2.24, 2.45) is 0 Å². The molecule has 0 radical (unpaired) electrons. The fraction of sp³-hybridized carbons (Fsp3) is 0.0909. The summed E-state index contributed by atoms with van der Waals surface area (Å²) < 4.78 is 18.6. The number of nitriles is 1. The Kier molecular flexibility index (Phi) is 2.63. The first-order chi connectivity index (χ1) is 7.69. The number of aromatic nitrogens is 1. The smallest absolute Gasteiger partial charge is 0.145 e. The lowest BCUT2D eigenvalue weighted by Crippen LogP contribution is -1.92. The van der Waals surface area contributed by atoms with Crippen LogP contribution in [0.5, 0.6) is 5.75 Å². The van der Waals surface area contributed by atoms with Crippen LogP contribution in [-0.4, -0.2) is 12.1 Å². The molecular weight excluding hydrogens is 231 g/mol. The van der Waals surface area contributed by atoms with E-state index in [2.05, 4.69) is 4.98 Å². The van der Waals surface area contributed by atoms with E-state index in [1.807, 2.05) is 6.07 Å². The monoisotopic (exact) mass is 236 g/mol. The number of hydrogen-bond acceptors (Lipinski definition) is 3. The van der Waals surface area contributed by atoms with Crippen LogP contribution < -0.4 is 4.74 Å². The molecule has 0 N–H and O–H groups in total. The van der Waals surface area contributed by atoms with Gasteiger partial charge in [-0.15, -0.1) is 0 Å². The highest BCUT2D eigenvalue weighted by Crippen LogP contribution is 2.32. The summed E-state index contributed by atoms with van der Waals surface area (Å²) in [4.78, 5) is 3.97. The minimum atomic E-state index is -0.523. The lowest BCUT2D eigenvalue weighted by molar-refractivity contribution is 0.418. The van der Waals surface area contributed by atoms with Crippen molar-refractivity contribution in [2.75, 3.05) is 7.11 Å². The molecule has 0 saturated heterocycles. The van der Waals surface area contributed by atoms with E-state index in [-0.39, 0.29) is 16.0 Å². The largest absolute Gasteiger partial charge is 0.494 e. The molecule has 1 heterocycles. The van der Waals surface area contributed by atoms with Gasteiger partial charge < -0.3 is 4.74 Å². The van der Waals surface area contributed by atoms with Gasteiger partial charge >= 0.3 is 0 Å². The van der Waals surface area contributed by atoms with Gasteiger partial charge in [0.05, 0.1) is 23.1 Å². The third-order valence-corrected chi connectivity index (χ3v) is 2.60. The number of benzene rings is 1. The highest BCUT2D eigenvalue weighted by Gasteiger charge is 2.14. The number of methoxy groups -OCH3 is 1. The topological polar surface area (TPSA) is 45.9 Å². The molecule has 0 aliphatic carbocycles. The summed E-state index contributed by atoms with van der Waals surface area (Å²) in [5, 5.41) is 8.94. The quantitative estimate of drug-likeness (QED) is 0.765. The highest BCUT2D eigenvalue weighted by atomic mass is 35.5. The van der Waals surface area contributed by atoms with E-state index in [4.69, 9.17) is 21.6 Å². The summed E-state index contributed by atoms with van der Waals surface area (Å²) in [7, 11) is 1.46. The number of nitrogens with zero attached hydrogens (tertiary/aromatic N) is 2. The van der Waals surface area contributed by atoms with E-state index in [9.17, 15) is 4.39 Å². The van der Waals surface area contributed by atoms with Crippen molar-refractivity contribution in [3.63, 3.8) is 0 Å². The van der Waals surface area contributed by atoms with E-state index in [1.165, 1.54) is 25.4 Å². The molecule has 3 nitrogen and oxygen atoms in total. The van der Waals surface area contributed by atoms with Crippen LogP contribution in [0.15, 0.2) is 18.3 Å². The maximum atomic E-state index is 13.6. The first kappa shape index (κ1) is 10.7. The molecule has 1 aromatic carbocycles. The van der Waals surface area contributed by atoms with Gasteiger partial charge in [-0.25, -0.2) is 4.39 Å². The molecule has 1 aromatic heterocycles. The average Bonchev–Trinajstić information content (AvgIpc) is 2.30. The average molecular weight is 237 g/mol. The molecule has 16 heavy (non-hydrogen) atoms. The summed E-state index contributed by atoms with van der Waals surface area (Å²) >= 11 is 5.92. The molecule has 0 amide bonds. The number of hydrogen-bond donors (Lipinski definition) is 0. The second-order valence-electron chi connectivity index (χ2n) is 3.07. The van der Waals surface area contributed by atoms with Crippen molar-refractivity contribution in [1.29, 1.82) is 5.26 Å². The maximum absolute atomic E-state index is 13.6. The number of pyridine rings is 1. The van der Waals surface area contributed by atoms with Crippen LogP contribution in [0.3, 0.4) is 0 Å². The molecule has 0 unspecified atom stereocenters. The molecule has 80 valence electrons. The second-order valence-corrected chi connectivity index (χ2v) is 3.45. The summed E-state index contributed by atoms with van der Waals surface area (Å²) in [5.41, 5.74) is 0.452. The Morgan fingerprint density at radius 2 is 2.25 bits per heavy atom. The van der Waals surface area contributed by atoms with Crippen molar-refractivity contribution in [2.45, 2.75) is 0 Å². The molecular formula is C11H6ClFN2O. The number of ether oxygens (including phenoxy) is 1. The van der Waals surface area contributed by atoms with Gasteiger partial charge in [-0.1, -0.05) is 11.6 Å². The Morgan fingerprint density at radius 3 is 2.88 bits per heavy atom. The molecule has 2 rings (SSSR count). The standard InChI is InChI=1S/C11H6ClFN2O/c1-16-8-3-2-7(13)9-10(12)6(4-14)5-15-11(8)9/h2-3,5H,1H3. The first-order valence-electron chi connectivity index (χ1n) is 4.40. The van der Waals surface area contributed by atoms with Gasteiger partial charge in [-0.05, 0) is 12.1 Å². The molecule has 0 fully saturated rings. The predicted molar refractivity (Wildman–Crippen MR) is 58.0 cm³/mol. The predicted octanol–water partition coefficient (Wildman–Crippen LogP) is 2.91. The summed E-state index contributed by atoms with van der Waals surface area (Å²) in [6.45, 7) is 0. The van der Waals surface area contributed by atoms with Crippen LogP contribution in [0.25, 0.3) is 10.9 Å². The zero-order valence-corrected chi connectivity index (χ0v) is 9.05. The van der Waals surface area contributed by atoms with Gasteiger partial charge in [0.2, 0.25) is 0 Å². The van der Waals surface area contributed by atoms with E-state index >= 15 is 0 Å². The number of rotatable bonds is 1. The third-order valence-electron chi connectivity index (χ3n) is 2.21. The van der Waals surface area contributed by atoms with E-state index < -0.39 is 5.82 Å². The summed E-state index contributed by atoms with van der Waals surface area (Å²) in [5.74, 6) is -0.104. The Morgan fingerprint density at radius 1 is 1.50 bits per heavy atom. The van der Waals surface area contributed by atoms with Crippen LogP contribution in [0.1, 0.15) is 5.56 Å². The lowest BCUT2D eigenvalue weighted by Gasteiger charge is -2.07. The van der Waals surface area contributed by atoms with Gasteiger partial charge in [0, 0.05) is 6.20 Å². The van der Waals surface area contributed by atoms with Crippen LogP contribution in [-0.2, 0) is 0 Å². The minimum absolute atomic E-state index is 0.0592. The Balaban J connectivity index is 2.94. The van der Waals surface area contributed by atoms with E-state index in [0.29, 0.717) is 11.3 Å². The molecule has 0 saturated carbocycles. The van der Waals surface area contributed by atoms with Gasteiger partial charge in [0.15, 0.2) is 0 Å². The van der Waals surface area contributed by atoms with Gasteiger partial charge in [0.1, 0.15) is 23.2 Å². The van der Waals surface area contributed by atoms with Crippen molar-refractivity contribution in [3.8, 4) is 11.8 Å². The van der Waals surface area contributed by atoms with Crippen LogP contribution in [0, 0.1) is 17.1 Å². The van der Waals surface area contributed by atoms with E-state index in [0.717, 1.165) is 0 Å². The molecule has 5 heteroatoms. The lowest BCUT2D eigenvalue weighted by atomic mass is 10.1. The van der Waals surface area contributed by atoms with Gasteiger partial charge in [-0.3, -0.25) is 4.98 Å². The SMILES string of the molecule is COc1ccc(F)c2c(Cl)c(C#N)cnc12. The summed E-state index contributed by atoms with van der Waals surface area (Å²) in [6.07, 6.45) is 1.30. The highest BCUT2D eigenvalue weighted by molar-refractivity contribution is 6.36. The summed E-state index contributed by atoms with van der Waals surface area (Å²) in [6, 6.07) is 4.55. The maximum Gasteiger partial charge on any atom is 0.145 e. The Labute approximate surface area is 96.0 Å². The number of halogens is 2. The molecule has 0 bridgehead atoms. The molecule has 0 aliphatic heterocycles. The first-order valence-corrected chi connectivity index (χ1v) is 4.77. The van der Waals surface area contributed by atoms with Crippen LogP contribution >= 0.6 is 11.6 Å². The fourth-order valence-electron chi connectivity index (χ4n) is 1.45. The molecule has 0 aliphatic rings. The third kappa shape index (κ3) is 1.46. The van der Waals surface area contributed by atoms with Gasteiger partial charge in [-0.2, -0.15) is 5.26 Å². The normalized spacial score (nSPS) is 10.1. The van der Waals surface area contributed by atoms with Crippen molar-refractivity contribution in [3.05, 3.63) is 34.7 Å². The fourth-order valence-corrected chi connectivity index (χ4v) is 1.72. The van der Waals surface area contributed by atoms with E-state index in [1.54, 1.807) is 0 Å². The second kappa shape index (κ2) is 3.95. The zero-order chi connectivity index (χ0) is 11.7. The van der Waals surface area contributed by atoms with Crippen LogP contribution in [0.4, 0.5) is 4.39 Å². The molecule has 0 spiro atoms. The van der Waals surface area contributed by atoms with Gasteiger partial charge in [0.25, 0.3) is 0 Å². The zero-order valence-electron chi connectivity index (χ0n) is 8.29. The minimum Gasteiger partial charge on any atom is -0.494 e. The van der Waals surface area contributed by atoms with Crippen molar-refractivity contribution in [1.82, 2.24) is 4.98 Å².